The molecule has 1 N–H and O–H groups in total. The molecule has 66 valence electrons. The molecule has 2 nitrogen and oxygen atoms in total. The molecule has 1 saturated carbocycles. The minimum Gasteiger partial charge on any atom is -0.383 e. The second-order valence-corrected chi connectivity index (χ2v) is 4.27. The van der Waals surface area contributed by atoms with Gasteiger partial charge in [-0.15, -0.1) is 0 Å². The first kappa shape index (κ1) is 9.01. The third-order valence-corrected chi connectivity index (χ3v) is 2.42. The molecule has 0 aromatic carbocycles. The van der Waals surface area contributed by atoms with Crippen LogP contribution in [-0.2, 0) is 4.74 Å². The van der Waals surface area contributed by atoms with Crippen LogP contribution in [-0.4, -0.2) is 25.8 Å². The number of rotatable bonds is 4. The van der Waals surface area contributed by atoms with Crippen LogP contribution in [0, 0.1) is 5.41 Å². The summed E-state index contributed by atoms with van der Waals surface area (Å²) in [5.74, 6) is 0. The highest BCUT2D eigenvalue weighted by atomic mass is 16.5. The lowest BCUT2D eigenvalue weighted by Crippen LogP contribution is -2.33. The van der Waals surface area contributed by atoms with Crippen LogP contribution in [0.25, 0.3) is 0 Å². The van der Waals surface area contributed by atoms with Crippen molar-refractivity contribution in [2.45, 2.75) is 39.3 Å². The number of ether oxygens (including phenoxy) is 1. The second kappa shape index (κ2) is 3.11. The predicted molar refractivity (Wildman–Crippen MR) is 46.7 cm³/mol. The topological polar surface area (TPSA) is 21.3 Å². The van der Waals surface area contributed by atoms with Gasteiger partial charge in [-0.25, -0.2) is 0 Å². The van der Waals surface area contributed by atoms with Gasteiger partial charge in [-0.2, -0.15) is 0 Å². The van der Waals surface area contributed by atoms with Crippen molar-refractivity contribution in [1.29, 1.82) is 0 Å². The Balaban J connectivity index is 2.13. The van der Waals surface area contributed by atoms with Crippen molar-refractivity contribution in [3.8, 4) is 0 Å². The fourth-order valence-corrected chi connectivity index (χ4v) is 1.39. The molecule has 0 spiro atoms. The summed E-state index contributed by atoms with van der Waals surface area (Å²) in [6.45, 7) is 7.57. The molecular formula is C9H19NO. The van der Waals surface area contributed by atoms with E-state index in [4.69, 9.17) is 4.74 Å². The summed E-state index contributed by atoms with van der Waals surface area (Å²) in [5, 5.41) is 3.52. The number of nitrogens with one attached hydrogen (secondary N) is 1. The zero-order valence-corrected chi connectivity index (χ0v) is 7.98. The predicted octanol–water partition coefficient (Wildman–Crippen LogP) is 1.41. The third-order valence-electron chi connectivity index (χ3n) is 2.42. The quantitative estimate of drug-likeness (QED) is 0.666. The molecule has 2 heteroatoms. The van der Waals surface area contributed by atoms with Gasteiger partial charge in [-0.1, -0.05) is 13.8 Å². The molecule has 0 radical (unpaired) electrons. The number of methoxy groups -OCH3 is 1. The van der Waals surface area contributed by atoms with E-state index in [9.17, 15) is 0 Å². The third kappa shape index (κ3) is 2.46. The molecule has 1 aliphatic carbocycles. The summed E-state index contributed by atoms with van der Waals surface area (Å²) in [6.07, 6.45) is 1.31. The number of hydrogen-bond donors (Lipinski definition) is 1. The molecule has 11 heavy (non-hydrogen) atoms. The summed E-state index contributed by atoms with van der Waals surface area (Å²) < 4.78 is 5.04. The molecular weight excluding hydrogens is 138 g/mol. The van der Waals surface area contributed by atoms with Crippen LogP contribution in [0.4, 0.5) is 0 Å². The number of hydrogen-bond acceptors (Lipinski definition) is 2. The van der Waals surface area contributed by atoms with E-state index < -0.39 is 0 Å². The van der Waals surface area contributed by atoms with Crippen LogP contribution in [0.5, 0.6) is 0 Å². The average molecular weight is 157 g/mol. The average Bonchev–Trinajstić information content (AvgIpc) is 2.39. The molecule has 2 unspecified atom stereocenters. The lowest BCUT2D eigenvalue weighted by atomic mass is 10.2. The maximum Gasteiger partial charge on any atom is 0.0613 e. The molecule has 1 fully saturated rings. The van der Waals surface area contributed by atoms with Crippen molar-refractivity contribution in [2.75, 3.05) is 13.7 Å². The van der Waals surface area contributed by atoms with Crippen LogP contribution < -0.4 is 5.32 Å². The van der Waals surface area contributed by atoms with Crippen LogP contribution in [0.15, 0.2) is 0 Å². The minimum atomic E-state index is 0.492. The van der Waals surface area contributed by atoms with Crippen molar-refractivity contribution >= 4 is 0 Å². The SMILES string of the molecule is COCC(C)NC1CC1(C)C. The fourth-order valence-electron chi connectivity index (χ4n) is 1.39. The zero-order valence-electron chi connectivity index (χ0n) is 7.98. The van der Waals surface area contributed by atoms with Crippen molar-refractivity contribution in [3.63, 3.8) is 0 Å². The highest BCUT2D eigenvalue weighted by Crippen LogP contribution is 2.44. The molecule has 0 aromatic rings. The van der Waals surface area contributed by atoms with E-state index in [1.54, 1.807) is 7.11 Å². The van der Waals surface area contributed by atoms with E-state index in [0.717, 1.165) is 6.61 Å². The van der Waals surface area contributed by atoms with E-state index in [2.05, 4.69) is 26.1 Å². The van der Waals surface area contributed by atoms with Gasteiger partial charge in [0, 0.05) is 19.2 Å². The van der Waals surface area contributed by atoms with E-state index in [-0.39, 0.29) is 0 Å². The largest absolute Gasteiger partial charge is 0.383 e. The zero-order chi connectivity index (χ0) is 8.48. The molecule has 0 amide bonds. The van der Waals surface area contributed by atoms with Gasteiger partial charge in [0.05, 0.1) is 6.61 Å². The van der Waals surface area contributed by atoms with Gasteiger partial charge in [0.1, 0.15) is 0 Å². The summed E-state index contributed by atoms with van der Waals surface area (Å²) in [6, 6.07) is 1.21. The maximum absolute atomic E-state index is 5.04. The highest BCUT2D eigenvalue weighted by molar-refractivity contribution is 5.02. The Labute approximate surface area is 69.3 Å². The molecule has 0 saturated heterocycles. The monoisotopic (exact) mass is 157 g/mol. The summed E-state index contributed by atoms with van der Waals surface area (Å²) in [7, 11) is 1.75. The molecule has 0 bridgehead atoms. The Bertz CT molecular complexity index is 134. The Morgan fingerprint density at radius 2 is 2.18 bits per heavy atom. The van der Waals surface area contributed by atoms with Crippen molar-refractivity contribution < 1.29 is 4.74 Å². The van der Waals surface area contributed by atoms with Crippen LogP contribution in [0.1, 0.15) is 27.2 Å². The first-order chi connectivity index (χ1) is 5.06. The van der Waals surface area contributed by atoms with Gasteiger partial charge in [0.25, 0.3) is 0 Å². The lowest BCUT2D eigenvalue weighted by molar-refractivity contribution is 0.170. The van der Waals surface area contributed by atoms with Crippen molar-refractivity contribution in [3.05, 3.63) is 0 Å². The Hall–Kier alpha value is -0.0800. The highest BCUT2D eigenvalue weighted by Gasteiger charge is 2.45. The maximum atomic E-state index is 5.04. The smallest absolute Gasteiger partial charge is 0.0613 e. The van der Waals surface area contributed by atoms with E-state index in [1.807, 2.05) is 0 Å². The van der Waals surface area contributed by atoms with Gasteiger partial charge in [0.2, 0.25) is 0 Å². The Morgan fingerprint density at radius 1 is 1.64 bits per heavy atom. The standard InChI is InChI=1S/C9H19NO/c1-7(6-11-4)10-8-5-9(8,2)3/h7-8,10H,5-6H2,1-4H3. The van der Waals surface area contributed by atoms with Gasteiger partial charge in [0.15, 0.2) is 0 Å². The summed E-state index contributed by atoms with van der Waals surface area (Å²) in [4.78, 5) is 0. The Morgan fingerprint density at radius 3 is 2.55 bits per heavy atom. The summed E-state index contributed by atoms with van der Waals surface area (Å²) in [5.41, 5.74) is 0.530. The van der Waals surface area contributed by atoms with Gasteiger partial charge >= 0.3 is 0 Å². The second-order valence-electron chi connectivity index (χ2n) is 4.27. The molecule has 2 atom stereocenters. The minimum absolute atomic E-state index is 0.492. The van der Waals surface area contributed by atoms with Crippen LogP contribution in [0.3, 0.4) is 0 Å². The lowest BCUT2D eigenvalue weighted by Gasteiger charge is -2.13. The Kier molecular flexibility index (Phi) is 2.55. The fraction of sp³-hybridized carbons (Fsp3) is 1.00. The molecule has 1 rings (SSSR count). The van der Waals surface area contributed by atoms with Crippen LogP contribution >= 0.6 is 0 Å². The molecule has 1 aliphatic rings. The molecule has 0 aromatic heterocycles. The van der Waals surface area contributed by atoms with E-state index in [1.165, 1.54) is 6.42 Å². The molecule has 0 aliphatic heterocycles. The molecule has 0 heterocycles. The van der Waals surface area contributed by atoms with Crippen molar-refractivity contribution in [1.82, 2.24) is 5.32 Å². The summed E-state index contributed by atoms with van der Waals surface area (Å²) >= 11 is 0. The van der Waals surface area contributed by atoms with Gasteiger partial charge in [-0.3, -0.25) is 0 Å². The van der Waals surface area contributed by atoms with E-state index in [0.29, 0.717) is 17.5 Å². The van der Waals surface area contributed by atoms with Crippen molar-refractivity contribution in [2.24, 2.45) is 5.41 Å². The normalized spacial score (nSPS) is 30.0. The first-order valence-corrected chi connectivity index (χ1v) is 4.31. The van der Waals surface area contributed by atoms with Gasteiger partial charge < -0.3 is 10.1 Å². The van der Waals surface area contributed by atoms with Gasteiger partial charge in [-0.05, 0) is 18.8 Å². The van der Waals surface area contributed by atoms with E-state index >= 15 is 0 Å². The van der Waals surface area contributed by atoms with Crippen LogP contribution in [0.2, 0.25) is 0 Å². The first-order valence-electron chi connectivity index (χ1n) is 4.31.